The Morgan fingerprint density at radius 2 is 1.97 bits per heavy atom. The van der Waals surface area contributed by atoms with E-state index in [1.807, 2.05) is 6.07 Å². The van der Waals surface area contributed by atoms with Crippen LogP contribution in [-0.2, 0) is 11.2 Å². The maximum atomic E-state index is 12.5. The molecule has 154 valence electrons. The molecule has 7 nitrogen and oxygen atoms in total. The average molecular weight is 419 g/mol. The van der Waals surface area contributed by atoms with E-state index in [-0.39, 0.29) is 24.3 Å². The summed E-state index contributed by atoms with van der Waals surface area (Å²) in [4.78, 5) is 26.6. The molecule has 0 radical (unpaired) electrons. The van der Waals surface area contributed by atoms with Gasteiger partial charge in [0.05, 0.1) is 36.5 Å². The van der Waals surface area contributed by atoms with E-state index in [0.717, 1.165) is 24.8 Å². The lowest BCUT2D eigenvalue weighted by Gasteiger charge is -2.32. The van der Waals surface area contributed by atoms with Crippen molar-refractivity contribution >= 4 is 23.4 Å². The summed E-state index contributed by atoms with van der Waals surface area (Å²) in [5, 5.41) is 3.52. The Kier molecular flexibility index (Phi) is 5.94. The van der Waals surface area contributed by atoms with Crippen LogP contribution < -0.4 is 14.8 Å². The molecule has 2 aliphatic rings. The zero-order valence-electron chi connectivity index (χ0n) is 16.0. The second-order valence-corrected chi connectivity index (χ2v) is 7.69. The number of nitrogens with one attached hydrogen (secondary N) is 1. The molecule has 3 heterocycles. The number of ether oxygens (including phenoxy) is 2. The highest BCUT2D eigenvalue weighted by atomic mass is 35.5. The Balaban J connectivity index is 1.30. The first-order valence-electron chi connectivity index (χ1n) is 9.79. The molecule has 1 N–H and O–H groups in total. The van der Waals surface area contributed by atoms with Crippen LogP contribution in [0, 0.1) is 0 Å². The van der Waals surface area contributed by atoms with Crippen molar-refractivity contribution in [3.8, 4) is 11.5 Å². The summed E-state index contributed by atoms with van der Waals surface area (Å²) in [7, 11) is 0. The van der Waals surface area contributed by atoms with Gasteiger partial charge in [0.25, 0.3) is 5.91 Å². The highest BCUT2D eigenvalue weighted by Crippen LogP contribution is 2.38. The van der Waals surface area contributed by atoms with Gasteiger partial charge in [-0.2, -0.15) is 0 Å². The van der Waals surface area contributed by atoms with Crippen molar-refractivity contribution in [2.45, 2.75) is 31.7 Å². The van der Waals surface area contributed by atoms with Crippen molar-refractivity contribution in [2.75, 3.05) is 26.3 Å². The predicted molar refractivity (Wildman–Crippen MR) is 107 cm³/mol. The molecule has 1 saturated heterocycles. The van der Waals surface area contributed by atoms with E-state index < -0.39 is 0 Å². The van der Waals surface area contributed by atoms with E-state index in [0.29, 0.717) is 48.4 Å². The molecule has 0 spiro atoms. The summed E-state index contributed by atoms with van der Waals surface area (Å²) >= 11 is 6.30. The molecule has 0 saturated carbocycles. The predicted octanol–water partition coefficient (Wildman–Crippen LogP) is 3.06. The van der Waals surface area contributed by atoms with Gasteiger partial charge in [-0.25, -0.2) is 0 Å². The van der Waals surface area contributed by atoms with Gasteiger partial charge in [-0.05, 0) is 36.6 Å². The molecule has 2 amide bonds. The fourth-order valence-electron chi connectivity index (χ4n) is 3.65. The largest absolute Gasteiger partial charge is 0.489 e. The van der Waals surface area contributed by atoms with E-state index in [1.54, 1.807) is 17.0 Å². The highest BCUT2D eigenvalue weighted by Gasteiger charge is 2.25. The molecule has 0 atom stereocenters. The summed E-state index contributed by atoms with van der Waals surface area (Å²) in [6.45, 7) is 2.33. The number of amides is 2. The number of furan rings is 1. The van der Waals surface area contributed by atoms with Gasteiger partial charge in [-0.3, -0.25) is 9.59 Å². The lowest BCUT2D eigenvalue weighted by molar-refractivity contribution is -0.121. The van der Waals surface area contributed by atoms with Gasteiger partial charge < -0.3 is 24.1 Å². The van der Waals surface area contributed by atoms with E-state index in [1.165, 1.54) is 12.5 Å². The van der Waals surface area contributed by atoms with Crippen LogP contribution in [0.25, 0.3) is 0 Å². The van der Waals surface area contributed by atoms with Crippen LogP contribution >= 0.6 is 11.6 Å². The topological polar surface area (TPSA) is 81.0 Å². The number of fused-ring (bicyclic) bond motifs is 1. The maximum Gasteiger partial charge on any atom is 0.257 e. The zero-order chi connectivity index (χ0) is 20.2. The molecule has 1 aromatic carbocycles. The van der Waals surface area contributed by atoms with Crippen molar-refractivity contribution < 1.29 is 23.5 Å². The van der Waals surface area contributed by atoms with Crippen LogP contribution in [0.1, 0.15) is 35.2 Å². The Hall–Kier alpha value is -2.67. The molecule has 29 heavy (non-hydrogen) atoms. The first-order chi connectivity index (χ1) is 14.1. The van der Waals surface area contributed by atoms with Crippen molar-refractivity contribution in [2.24, 2.45) is 0 Å². The molecular weight excluding hydrogens is 396 g/mol. The molecule has 8 heteroatoms. The van der Waals surface area contributed by atoms with E-state index in [9.17, 15) is 9.59 Å². The van der Waals surface area contributed by atoms with Crippen LogP contribution in [0.15, 0.2) is 35.1 Å². The third kappa shape index (κ3) is 4.67. The van der Waals surface area contributed by atoms with Crippen LogP contribution in [0.4, 0.5) is 0 Å². The van der Waals surface area contributed by atoms with Crippen LogP contribution in [0.2, 0.25) is 5.02 Å². The van der Waals surface area contributed by atoms with E-state index in [4.69, 9.17) is 25.5 Å². The number of carbonyl (C=O) groups is 2. The lowest BCUT2D eigenvalue weighted by Crippen LogP contribution is -2.46. The number of nitrogens with zero attached hydrogens (tertiary/aromatic N) is 1. The second kappa shape index (κ2) is 8.78. The van der Waals surface area contributed by atoms with Crippen molar-refractivity contribution in [3.05, 3.63) is 46.9 Å². The van der Waals surface area contributed by atoms with E-state index >= 15 is 0 Å². The number of benzene rings is 1. The smallest absolute Gasteiger partial charge is 0.257 e. The maximum absolute atomic E-state index is 12.5. The molecule has 4 rings (SSSR count). The number of carbonyl (C=O) groups excluding carboxylic acids is 2. The van der Waals surface area contributed by atoms with Gasteiger partial charge in [0.1, 0.15) is 6.26 Å². The third-order valence-corrected chi connectivity index (χ3v) is 5.42. The number of likely N-dealkylation sites (tertiary alicyclic amines) is 1. The average Bonchev–Trinajstić information content (AvgIpc) is 3.14. The first kappa shape index (κ1) is 19.6. The molecule has 1 fully saturated rings. The highest BCUT2D eigenvalue weighted by molar-refractivity contribution is 6.32. The molecule has 2 aliphatic heterocycles. The molecule has 0 aliphatic carbocycles. The SMILES string of the molecule is O=C(Cc1cc(Cl)c2c(c1)OCCCO2)NC1CCN(C(=O)c2ccoc2)CC1. The minimum absolute atomic E-state index is 0.0367. The van der Waals surface area contributed by atoms with Crippen molar-refractivity contribution in [1.82, 2.24) is 10.2 Å². The molecule has 2 aromatic rings. The Morgan fingerprint density at radius 3 is 2.72 bits per heavy atom. The quantitative estimate of drug-likeness (QED) is 0.825. The van der Waals surface area contributed by atoms with Gasteiger partial charge in [-0.15, -0.1) is 0 Å². The van der Waals surface area contributed by atoms with Gasteiger partial charge in [-0.1, -0.05) is 11.6 Å². The standard InChI is InChI=1S/C21H23ClN2O5/c22-17-10-14(11-18-20(17)29-8-1-7-28-18)12-19(25)23-16-2-5-24(6-3-16)21(26)15-4-9-27-13-15/h4,9-11,13,16H,1-3,5-8,12H2,(H,23,25). The number of piperidine rings is 1. The summed E-state index contributed by atoms with van der Waals surface area (Å²) in [5.74, 6) is 1.02. The monoisotopic (exact) mass is 418 g/mol. The van der Waals surface area contributed by atoms with Gasteiger partial charge >= 0.3 is 0 Å². The van der Waals surface area contributed by atoms with Crippen LogP contribution in [-0.4, -0.2) is 49.1 Å². The fourth-order valence-corrected chi connectivity index (χ4v) is 3.93. The third-order valence-electron chi connectivity index (χ3n) is 5.14. The van der Waals surface area contributed by atoms with Gasteiger partial charge in [0.2, 0.25) is 5.91 Å². The summed E-state index contributed by atoms with van der Waals surface area (Å²) in [5.41, 5.74) is 1.34. The Morgan fingerprint density at radius 1 is 1.17 bits per heavy atom. The van der Waals surface area contributed by atoms with Gasteiger partial charge in [0.15, 0.2) is 11.5 Å². The van der Waals surface area contributed by atoms with Crippen LogP contribution in [0.5, 0.6) is 11.5 Å². The van der Waals surface area contributed by atoms with Crippen LogP contribution in [0.3, 0.4) is 0 Å². The Labute approximate surface area is 173 Å². The normalized spacial score (nSPS) is 16.9. The summed E-state index contributed by atoms with van der Waals surface area (Å²) in [6.07, 6.45) is 5.39. The first-order valence-corrected chi connectivity index (χ1v) is 10.2. The molecule has 1 aromatic heterocycles. The Bertz CT molecular complexity index is 875. The van der Waals surface area contributed by atoms with E-state index in [2.05, 4.69) is 5.32 Å². The second-order valence-electron chi connectivity index (χ2n) is 7.28. The zero-order valence-corrected chi connectivity index (χ0v) is 16.7. The van der Waals surface area contributed by atoms with Crippen molar-refractivity contribution in [3.63, 3.8) is 0 Å². The minimum Gasteiger partial charge on any atom is -0.489 e. The number of halogens is 1. The summed E-state index contributed by atoms with van der Waals surface area (Å²) < 4.78 is 16.3. The number of hydrogen-bond donors (Lipinski definition) is 1. The summed E-state index contributed by atoms with van der Waals surface area (Å²) in [6, 6.07) is 5.28. The molecule has 0 unspecified atom stereocenters. The molecule has 0 bridgehead atoms. The lowest BCUT2D eigenvalue weighted by atomic mass is 10.0. The van der Waals surface area contributed by atoms with Gasteiger partial charge in [0, 0.05) is 25.6 Å². The number of hydrogen-bond acceptors (Lipinski definition) is 5. The number of rotatable bonds is 4. The minimum atomic E-state index is -0.0739. The fraction of sp³-hybridized carbons (Fsp3) is 0.429. The van der Waals surface area contributed by atoms with Crippen molar-refractivity contribution in [1.29, 1.82) is 0 Å². The molecular formula is C21H23ClN2O5.